The van der Waals surface area contributed by atoms with Gasteiger partial charge in [0.2, 0.25) is 0 Å². The lowest BCUT2D eigenvalue weighted by Gasteiger charge is -2.31. The molecule has 2 nitrogen and oxygen atoms in total. The van der Waals surface area contributed by atoms with Crippen molar-refractivity contribution in [3.05, 3.63) is 193 Å². The van der Waals surface area contributed by atoms with Crippen LogP contribution in [0, 0.1) is 0 Å². The predicted octanol–water partition coefficient (Wildman–Crippen LogP) is 15.4. The Balaban J connectivity index is 1.21. The molecule has 1 saturated carbocycles. The molecule has 57 heavy (non-hydrogen) atoms. The van der Waals surface area contributed by atoms with Crippen molar-refractivity contribution in [2.24, 2.45) is 0 Å². The summed E-state index contributed by atoms with van der Waals surface area (Å²) < 4.78 is 2.48. The first-order valence-electron chi connectivity index (χ1n) is 20.8. The van der Waals surface area contributed by atoms with Crippen molar-refractivity contribution in [3.8, 4) is 27.9 Å². The van der Waals surface area contributed by atoms with Gasteiger partial charge in [0.15, 0.2) is 0 Å². The molecule has 0 unspecified atom stereocenters. The first-order chi connectivity index (χ1) is 28.1. The van der Waals surface area contributed by atoms with Crippen molar-refractivity contribution in [2.75, 3.05) is 4.90 Å². The van der Waals surface area contributed by atoms with Crippen LogP contribution in [0.3, 0.4) is 0 Å². The van der Waals surface area contributed by atoms with Crippen LogP contribution < -0.4 is 4.90 Å². The van der Waals surface area contributed by atoms with Gasteiger partial charge in [0.25, 0.3) is 0 Å². The van der Waals surface area contributed by atoms with E-state index in [-0.39, 0.29) is 5.41 Å². The monoisotopic (exact) mass is 734 g/mol. The third-order valence-electron chi connectivity index (χ3n) is 13.2. The third kappa shape index (κ3) is 5.38. The van der Waals surface area contributed by atoms with Crippen molar-refractivity contribution in [2.45, 2.75) is 57.3 Å². The Morgan fingerprint density at radius 1 is 0.491 bits per heavy atom. The van der Waals surface area contributed by atoms with E-state index in [0.29, 0.717) is 5.92 Å². The number of hydrogen-bond acceptors (Lipinski definition) is 1. The van der Waals surface area contributed by atoms with Crippen LogP contribution in [0.2, 0.25) is 0 Å². The highest BCUT2D eigenvalue weighted by molar-refractivity contribution is 6.12. The molecule has 1 aromatic heterocycles. The molecule has 2 aliphatic rings. The molecule has 11 rings (SSSR count). The first-order valence-corrected chi connectivity index (χ1v) is 20.8. The van der Waals surface area contributed by atoms with Gasteiger partial charge in [-0.05, 0) is 106 Å². The Kier molecular flexibility index (Phi) is 7.96. The van der Waals surface area contributed by atoms with Gasteiger partial charge in [-0.1, -0.05) is 161 Å². The van der Waals surface area contributed by atoms with Gasteiger partial charge < -0.3 is 9.47 Å². The second-order valence-electron chi connectivity index (χ2n) is 16.7. The van der Waals surface area contributed by atoms with E-state index in [1.165, 1.54) is 126 Å². The van der Waals surface area contributed by atoms with E-state index < -0.39 is 0 Å². The molecule has 0 spiro atoms. The third-order valence-corrected chi connectivity index (χ3v) is 13.2. The number of rotatable bonds is 6. The Bertz CT molecular complexity index is 2940. The van der Waals surface area contributed by atoms with Crippen molar-refractivity contribution < 1.29 is 0 Å². The van der Waals surface area contributed by atoms with E-state index in [4.69, 9.17) is 0 Å². The number of para-hydroxylation sites is 3. The molecule has 2 heteroatoms. The van der Waals surface area contributed by atoms with Gasteiger partial charge in [-0.25, -0.2) is 0 Å². The lowest BCUT2D eigenvalue weighted by molar-refractivity contribution is 0.443. The number of hydrogen-bond donors (Lipinski definition) is 0. The molecule has 0 aliphatic heterocycles. The minimum atomic E-state index is -0.0639. The van der Waals surface area contributed by atoms with Gasteiger partial charge in [0, 0.05) is 38.7 Å². The molecule has 0 saturated heterocycles. The second-order valence-corrected chi connectivity index (χ2v) is 16.7. The van der Waals surface area contributed by atoms with E-state index in [0.717, 1.165) is 0 Å². The van der Waals surface area contributed by atoms with E-state index in [9.17, 15) is 0 Å². The van der Waals surface area contributed by atoms with Gasteiger partial charge in [-0.3, -0.25) is 0 Å². The van der Waals surface area contributed by atoms with E-state index in [1.54, 1.807) is 0 Å². The maximum atomic E-state index is 2.56. The van der Waals surface area contributed by atoms with Gasteiger partial charge in [-0.2, -0.15) is 0 Å². The maximum absolute atomic E-state index is 2.56. The average molecular weight is 735 g/mol. The number of fused-ring (bicyclic) bond motifs is 7. The first kappa shape index (κ1) is 33.9. The predicted molar refractivity (Wildman–Crippen MR) is 242 cm³/mol. The molecule has 1 fully saturated rings. The van der Waals surface area contributed by atoms with E-state index >= 15 is 0 Å². The minimum absolute atomic E-state index is 0.0639. The highest BCUT2D eigenvalue weighted by Gasteiger charge is 2.36. The fourth-order valence-corrected chi connectivity index (χ4v) is 10.4. The van der Waals surface area contributed by atoms with Gasteiger partial charge in [-0.15, -0.1) is 0 Å². The molecule has 2 aliphatic carbocycles. The highest BCUT2D eigenvalue weighted by Crippen LogP contribution is 2.52. The Morgan fingerprint density at radius 2 is 1.12 bits per heavy atom. The number of nitrogens with zero attached hydrogens (tertiary/aromatic N) is 2. The summed E-state index contributed by atoms with van der Waals surface area (Å²) in [5, 5.41) is 5.00. The topological polar surface area (TPSA) is 8.17 Å². The summed E-state index contributed by atoms with van der Waals surface area (Å²) in [7, 11) is 0. The fraction of sp³-hybridized carbons (Fsp3) is 0.164. The molecule has 1 heterocycles. The number of benzene rings is 8. The normalized spacial score (nSPS) is 14.9. The van der Waals surface area contributed by atoms with Crippen molar-refractivity contribution in [1.82, 2.24) is 4.57 Å². The average Bonchev–Trinajstić information content (AvgIpc) is 3.72. The van der Waals surface area contributed by atoms with Crippen LogP contribution >= 0.6 is 0 Å². The van der Waals surface area contributed by atoms with Gasteiger partial charge >= 0.3 is 0 Å². The lowest BCUT2D eigenvalue weighted by Crippen LogP contribution is -2.16. The minimum Gasteiger partial charge on any atom is -0.310 e. The molecule has 0 radical (unpaired) electrons. The van der Waals surface area contributed by atoms with Crippen molar-refractivity contribution in [3.63, 3.8) is 0 Å². The largest absolute Gasteiger partial charge is 0.310 e. The van der Waals surface area contributed by atoms with E-state index in [1.807, 2.05) is 0 Å². The van der Waals surface area contributed by atoms with Crippen LogP contribution in [-0.2, 0) is 5.41 Å². The summed E-state index contributed by atoms with van der Waals surface area (Å²) in [6.07, 6.45) is 6.50. The second kappa shape index (κ2) is 13.4. The summed E-state index contributed by atoms with van der Waals surface area (Å²) in [4.78, 5) is 2.56. The van der Waals surface area contributed by atoms with Crippen molar-refractivity contribution in [1.29, 1.82) is 0 Å². The number of aromatic nitrogens is 1. The van der Waals surface area contributed by atoms with Gasteiger partial charge in [0.1, 0.15) is 0 Å². The summed E-state index contributed by atoms with van der Waals surface area (Å²) in [6.45, 7) is 4.74. The van der Waals surface area contributed by atoms with Crippen LogP contribution in [0.4, 0.5) is 17.1 Å². The zero-order valence-corrected chi connectivity index (χ0v) is 32.8. The number of anilines is 3. The summed E-state index contributed by atoms with van der Waals surface area (Å²) >= 11 is 0. The summed E-state index contributed by atoms with van der Waals surface area (Å²) in [6, 6.07) is 66.1. The van der Waals surface area contributed by atoms with Crippen LogP contribution in [0.25, 0.3) is 60.5 Å². The maximum Gasteiger partial charge on any atom is 0.0547 e. The SMILES string of the molecule is CC1(C)c2ccccc2-c2cc(N(c3cccc(C4CCCCC4)c3)c3ccc4ccccc4c3-c3ccccc3-n3c4ccccc4c4ccccc43)ccc21. The molecule has 8 aromatic carbocycles. The van der Waals surface area contributed by atoms with Crippen LogP contribution in [-0.4, -0.2) is 4.57 Å². The molecule has 0 bridgehead atoms. The molecule has 276 valence electrons. The van der Waals surface area contributed by atoms with Gasteiger partial charge in [0.05, 0.1) is 22.4 Å². The molecule has 0 amide bonds. The van der Waals surface area contributed by atoms with E-state index in [2.05, 4.69) is 199 Å². The molecule has 0 N–H and O–H groups in total. The van der Waals surface area contributed by atoms with Crippen LogP contribution in [0.1, 0.15) is 68.6 Å². The molecule has 0 atom stereocenters. The standard InChI is InChI=1S/C55H46N2/c1-55(2)48-27-12-8-23-43(48)47-36-41(32-33-49(47)55)56(40-21-16-20-39(35-40)37-17-4-3-5-18-37)53-34-31-38-19-6-7-22-42(38)54(53)46-26-11-15-30-52(46)57-50-28-13-9-24-44(50)45-25-10-14-29-51(45)57/h6-16,19-37H,3-5,17-18H2,1-2H3. The zero-order chi connectivity index (χ0) is 38.1. The quantitative estimate of drug-likeness (QED) is 0.165. The summed E-state index contributed by atoms with van der Waals surface area (Å²) in [5.74, 6) is 0.598. The zero-order valence-electron chi connectivity index (χ0n) is 32.8. The smallest absolute Gasteiger partial charge is 0.0547 e. The van der Waals surface area contributed by atoms with Crippen LogP contribution in [0.15, 0.2) is 176 Å². The Labute approximate surface area is 335 Å². The molecule has 9 aromatic rings. The Morgan fingerprint density at radius 3 is 1.91 bits per heavy atom. The lowest BCUT2D eigenvalue weighted by atomic mass is 9.82. The molecular weight excluding hydrogens is 689 g/mol. The van der Waals surface area contributed by atoms with Crippen LogP contribution in [0.5, 0.6) is 0 Å². The highest BCUT2D eigenvalue weighted by atomic mass is 15.1. The fourth-order valence-electron chi connectivity index (χ4n) is 10.4. The Hall–Kier alpha value is -6.38. The van der Waals surface area contributed by atoms with Crippen molar-refractivity contribution >= 4 is 49.6 Å². The summed E-state index contributed by atoms with van der Waals surface area (Å²) in [5.41, 5.74) is 16.4. The molecular formula is C55H46N2.